The van der Waals surface area contributed by atoms with Crippen LogP contribution in [-0.2, 0) is 6.61 Å². The predicted octanol–water partition coefficient (Wildman–Crippen LogP) is 1.68. The molecule has 1 aromatic rings. The summed E-state index contributed by atoms with van der Waals surface area (Å²) in [6.45, 7) is 1.93. The molecule has 0 amide bonds. The SMILES string of the molecule is CC(C#N)CN(C)c1ccc(CO)cc1[N+](=O)[O-]. The van der Waals surface area contributed by atoms with E-state index in [9.17, 15) is 10.1 Å². The van der Waals surface area contributed by atoms with Crippen molar-refractivity contribution in [3.8, 4) is 6.07 Å². The van der Waals surface area contributed by atoms with Gasteiger partial charge in [-0.3, -0.25) is 10.1 Å². The Kier molecular flexibility index (Phi) is 4.63. The van der Waals surface area contributed by atoms with Gasteiger partial charge in [0.25, 0.3) is 5.69 Å². The Balaban J connectivity index is 3.08. The molecule has 0 fully saturated rings. The van der Waals surface area contributed by atoms with Crippen molar-refractivity contribution in [3.05, 3.63) is 33.9 Å². The first kappa shape index (κ1) is 13.9. The van der Waals surface area contributed by atoms with Gasteiger partial charge in [-0.1, -0.05) is 6.07 Å². The van der Waals surface area contributed by atoms with Gasteiger partial charge in [0, 0.05) is 19.7 Å². The van der Waals surface area contributed by atoms with Crippen molar-refractivity contribution in [2.75, 3.05) is 18.5 Å². The van der Waals surface area contributed by atoms with Gasteiger partial charge in [0.15, 0.2) is 0 Å². The minimum Gasteiger partial charge on any atom is -0.392 e. The summed E-state index contributed by atoms with van der Waals surface area (Å²) in [6, 6.07) is 6.66. The van der Waals surface area contributed by atoms with Gasteiger partial charge in [0.1, 0.15) is 5.69 Å². The summed E-state index contributed by atoms with van der Waals surface area (Å²) in [5, 5.41) is 28.7. The fourth-order valence-corrected chi connectivity index (χ4v) is 1.69. The van der Waals surface area contributed by atoms with E-state index in [4.69, 9.17) is 10.4 Å². The smallest absolute Gasteiger partial charge is 0.292 e. The first-order chi connectivity index (χ1) is 8.49. The van der Waals surface area contributed by atoms with Gasteiger partial charge in [-0.25, -0.2) is 0 Å². The van der Waals surface area contributed by atoms with Crippen LogP contribution < -0.4 is 4.90 Å². The Morgan fingerprint density at radius 3 is 2.78 bits per heavy atom. The first-order valence-corrected chi connectivity index (χ1v) is 5.48. The third kappa shape index (κ3) is 3.18. The number of aliphatic hydroxyl groups is 1. The van der Waals surface area contributed by atoms with Crippen LogP contribution in [0.5, 0.6) is 0 Å². The third-order valence-electron chi connectivity index (χ3n) is 2.60. The fraction of sp³-hybridized carbons (Fsp3) is 0.417. The molecular weight excluding hydrogens is 234 g/mol. The molecule has 0 aliphatic heterocycles. The molecule has 0 spiro atoms. The number of nitrogens with zero attached hydrogens (tertiary/aromatic N) is 3. The van der Waals surface area contributed by atoms with Gasteiger partial charge >= 0.3 is 0 Å². The third-order valence-corrected chi connectivity index (χ3v) is 2.60. The molecule has 18 heavy (non-hydrogen) atoms. The highest BCUT2D eigenvalue weighted by molar-refractivity contribution is 5.64. The summed E-state index contributed by atoms with van der Waals surface area (Å²) >= 11 is 0. The van der Waals surface area contributed by atoms with Gasteiger partial charge in [-0.2, -0.15) is 5.26 Å². The molecule has 96 valence electrons. The summed E-state index contributed by atoms with van der Waals surface area (Å²) < 4.78 is 0. The molecule has 6 heteroatoms. The standard InChI is InChI=1S/C12H15N3O3/c1-9(6-13)7-14(2)11-4-3-10(8-16)5-12(11)15(17)18/h3-5,9,16H,7-8H2,1-2H3. The molecule has 6 nitrogen and oxygen atoms in total. The van der Waals surface area contributed by atoms with Crippen molar-refractivity contribution in [2.24, 2.45) is 5.92 Å². The first-order valence-electron chi connectivity index (χ1n) is 5.48. The molecule has 0 heterocycles. The van der Waals surface area contributed by atoms with Crippen LogP contribution in [0.2, 0.25) is 0 Å². The van der Waals surface area contributed by atoms with Crippen molar-refractivity contribution >= 4 is 11.4 Å². The van der Waals surface area contributed by atoms with Gasteiger partial charge in [0.05, 0.1) is 23.5 Å². The number of nitro benzene ring substituents is 1. The van der Waals surface area contributed by atoms with Crippen LogP contribution in [0.25, 0.3) is 0 Å². The van der Waals surface area contributed by atoms with Crippen molar-refractivity contribution in [3.63, 3.8) is 0 Å². The molecule has 1 unspecified atom stereocenters. The average Bonchev–Trinajstić information content (AvgIpc) is 2.37. The number of hydrogen-bond donors (Lipinski definition) is 1. The zero-order valence-corrected chi connectivity index (χ0v) is 10.3. The van der Waals surface area contributed by atoms with Gasteiger partial charge < -0.3 is 10.0 Å². The van der Waals surface area contributed by atoms with E-state index >= 15 is 0 Å². The molecule has 0 bridgehead atoms. The minimum absolute atomic E-state index is 0.0609. The number of aliphatic hydroxyl groups excluding tert-OH is 1. The molecule has 0 aliphatic carbocycles. The highest BCUT2D eigenvalue weighted by Gasteiger charge is 2.18. The summed E-state index contributed by atoms with van der Waals surface area (Å²) in [4.78, 5) is 12.2. The number of nitriles is 1. The second-order valence-electron chi connectivity index (χ2n) is 4.15. The average molecular weight is 249 g/mol. The lowest BCUT2D eigenvalue weighted by molar-refractivity contribution is -0.384. The summed E-state index contributed by atoms with van der Waals surface area (Å²) in [5.41, 5.74) is 0.876. The Labute approximate surface area is 105 Å². The highest BCUT2D eigenvalue weighted by Crippen LogP contribution is 2.28. The number of nitro groups is 1. The van der Waals surface area contributed by atoms with Crippen LogP contribution in [0.4, 0.5) is 11.4 Å². The Bertz CT molecular complexity index is 482. The van der Waals surface area contributed by atoms with Crippen LogP contribution in [0.3, 0.4) is 0 Å². The van der Waals surface area contributed by atoms with E-state index in [1.165, 1.54) is 6.07 Å². The second kappa shape index (κ2) is 5.98. The molecule has 0 saturated heterocycles. The van der Waals surface area contributed by atoms with Gasteiger partial charge in [-0.05, 0) is 18.6 Å². The minimum atomic E-state index is -0.484. The maximum Gasteiger partial charge on any atom is 0.292 e. The predicted molar refractivity (Wildman–Crippen MR) is 67.1 cm³/mol. The fourth-order valence-electron chi connectivity index (χ4n) is 1.69. The lowest BCUT2D eigenvalue weighted by Gasteiger charge is -2.20. The van der Waals surface area contributed by atoms with Crippen LogP contribution in [0, 0.1) is 27.4 Å². The van der Waals surface area contributed by atoms with Crippen LogP contribution in [-0.4, -0.2) is 23.6 Å². The Hall–Kier alpha value is -2.13. The quantitative estimate of drug-likeness (QED) is 0.633. The van der Waals surface area contributed by atoms with E-state index in [2.05, 4.69) is 6.07 Å². The monoisotopic (exact) mass is 249 g/mol. The lowest BCUT2D eigenvalue weighted by Crippen LogP contribution is -2.24. The van der Waals surface area contributed by atoms with E-state index in [1.54, 1.807) is 31.0 Å². The van der Waals surface area contributed by atoms with E-state index in [1.807, 2.05) is 0 Å². The van der Waals surface area contributed by atoms with E-state index in [0.29, 0.717) is 17.8 Å². The Morgan fingerprint density at radius 2 is 2.28 bits per heavy atom. The molecule has 1 rings (SSSR count). The summed E-state index contributed by atoms with van der Waals surface area (Å²) in [7, 11) is 1.70. The number of hydrogen-bond acceptors (Lipinski definition) is 5. The zero-order valence-electron chi connectivity index (χ0n) is 10.3. The van der Waals surface area contributed by atoms with Gasteiger partial charge in [0.2, 0.25) is 0 Å². The number of rotatable bonds is 5. The molecule has 0 saturated carbocycles. The van der Waals surface area contributed by atoms with Crippen LogP contribution in [0.15, 0.2) is 18.2 Å². The maximum atomic E-state index is 11.0. The van der Waals surface area contributed by atoms with E-state index < -0.39 is 4.92 Å². The maximum absolute atomic E-state index is 11.0. The molecular formula is C12H15N3O3. The summed E-state index contributed by atoms with van der Waals surface area (Å²) in [5.74, 6) is -0.216. The van der Waals surface area contributed by atoms with Crippen molar-refractivity contribution in [1.29, 1.82) is 5.26 Å². The summed E-state index contributed by atoms with van der Waals surface area (Å²) in [6.07, 6.45) is 0. The van der Waals surface area contributed by atoms with Gasteiger partial charge in [-0.15, -0.1) is 0 Å². The molecule has 0 aliphatic rings. The van der Waals surface area contributed by atoms with Crippen LogP contribution in [0.1, 0.15) is 12.5 Å². The van der Waals surface area contributed by atoms with Crippen LogP contribution >= 0.6 is 0 Å². The number of benzene rings is 1. The lowest BCUT2D eigenvalue weighted by atomic mass is 10.1. The largest absolute Gasteiger partial charge is 0.392 e. The van der Waals surface area contributed by atoms with E-state index in [0.717, 1.165) is 0 Å². The van der Waals surface area contributed by atoms with Crippen molar-refractivity contribution in [2.45, 2.75) is 13.5 Å². The number of anilines is 1. The highest BCUT2D eigenvalue weighted by atomic mass is 16.6. The normalized spacial score (nSPS) is 11.7. The molecule has 1 aromatic carbocycles. The molecule has 1 atom stereocenters. The van der Waals surface area contributed by atoms with E-state index in [-0.39, 0.29) is 18.2 Å². The second-order valence-corrected chi connectivity index (χ2v) is 4.15. The van der Waals surface area contributed by atoms with Crippen molar-refractivity contribution < 1.29 is 10.0 Å². The topological polar surface area (TPSA) is 90.4 Å². The van der Waals surface area contributed by atoms with Crippen molar-refractivity contribution in [1.82, 2.24) is 0 Å². The Morgan fingerprint density at radius 1 is 1.61 bits per heavy atom. The molecule has 0 aromatic heterocycles. The molecule has 1 N–H and O–H groups in total. The molecule has 0 radical (unpaired) electrons. The zero-order chi connectivity index (χ0) is 13.7.